The Labute approximate surface area is 200 Å². The molecular weight excluding hydrogens is 428 g/mol. The van der Waals surface area contributed by atoms with Crippen LogP contribution in [0.4, 0.5) is 0 Å². The van der Waals surface area contributed by atoms with Gasteiger partial charge < -0.3 is 9.80 Å². The predicted molar refractivity (Wildman–Crippen MR) is 135 cm³/mol. The standard InChI is InChI=1S/C28H30N2O2S/c1-3-21(2)30(26(31)15-14-22-10-6-4-7-11-22)20-27(32)29-18-16-25-24(17-19-33-25)28(29)23-12-8-5-9-13-23/h4-15,17,19,21,28H,3,16,18,20H2,1-2H3/b15-14+. The van der Waals surface area contributed by atoms with E-state index in [1.54, 1.807) is 22.3 Å². The number of hydrogen-bond donors (Lipinski definition) is 0. The summed E-state index contributed by atoms with van der Waals surface area (Å²) in [6.07, 6.45) is 5.03. The van der Waals surface area contributed by atoms with Crippen LogP contribution < -0.4 is 0 Å². The fourth-order valence-electron chi connectivity index (χ4n) is 4.32. The predicted octanol–water partition coefficient (Wildman–Crippen LogP) is 5.56. The van der Waals surface area contributed by atoms with Gasteiger partial charge in [0.2, 0.25) is 11.8 Å². The second kappa shape index (κ2) is 10.6. The molecule has 0 bridgehead atoms. The molecule has 0 fully saturated rings. The van der Waals surface area contributed by atoms with Crippen LogP contribution in [0.2, 0.25) is 0 Å². The van der Waals surface area contributed by atoms with Crippen molar-refractivity contribution in [3.8, 4) is 0 Å². The molecule has 4 nitrogen and oxygen atoms in total. The average molecular weight is 459 g/mol. The second-order valence-electron chi connectivity index (χ2n) is 8.42. The van der Waals surface area contributed by atoms with Crippen LogP contribution in [0.3, 0.4) is 0 Å². The highest BCUT2D eigenvalue weighted by atomic mass is 32.1. The average Bonchev–Trinajstić information content (AvgIpc) is 3.34. The molecule has 0 N–H and O–H groups in total. The number of benzene rings is 2. The van der Waals surface area contributed by atoms with Gasteiger partial charge in [-0.1, -0.05) is 67.6 Å². The minimum Gasteiger partial charge on any atom is -0.330 e. The van der Waals surface area contributed by atoms with Crippen LogP contribution in [0, 0.1) is 0 Å². The fourth-order valence-corrected chi connectivity index (χ4v) is 5.22. The van der Waals surface area contributed by atoms with Crippen molar-refractivity contribution in [2.75, 3.05) is 13.1 Å². The molecule has 5 heteroatoms. The van der Waals surface area contributed by atoms with E-state index < -0.39 is 0 Å². The summed E-state index contributed by atoms with van der Waals surface area (Å²) in [5.41, 5.74) is 3.28. The van der Waals surface area contributed by atoms with Gasteiger partial charge in [-0.3, -0.25) is 9.59 Å². The van der Waals surface area contributed by atoms with Crippen molar-refractivity contribution in [2.45, 2.75) is 38.8 Å². The van der Waals surface area contributed by atoms with Gasteiger partial charge in [0.25, 0.3) is 0 Å². The molecule has 2 amide bonds. The Morgan fingerprint density at radius 1 is 1.09 bits per heavy atom. The lowest BCUT2D eigenvalue weighted by atomic mass is 9.93. The van der Waals surface area contributed by atoms with Gasteiger partial charge in [-0.25, -0.2) is 0 Å². The van der Waals surface area contributed by atoms with E-state index in [9.17, 15) is 9.59 Å². The number of amides is 2. The SMILES string of the molecule is CCC(C)N(CC(=O)N1CCc2sccc2C1c1ccccc1)C(=O)/C=C/c1ccccc1. The molecule has 2 unspecified atom stereocenters. The third-order valence-electron chi connectivity index (χ3n) is 6.33. The van der Waals surface area contributed by atoms with Gasteiger partial charge in [-0.2, -0.15) is 0 Å². The summed E-state index contributed by atoms with van der Waals surface area (Å²) in [5.74, 6) is -0.145. The summed E-state index contributed by atoms with van der Waals surface area (Å²) >= 11 is 1.76. The number of carbonyl (C=O) groups is 2. The number of nitrogens with zero attached hydrogens (tertiary/aromatic N) is 2. The van der Waals surface area contributed by atoms with E-state index in [-0.39, 0.29) is 30.4 Å². The van der Waals surface area contributed by atoms with Gasteiger partial charge >= 0.3 is 0 Å². The van der Waals surface area contributed by atoms with Crippen LogP contribution in [-0.2, 0) is 16.0 Å². The zero-order valence-corrected chi connectivity index (χ0v) is 20.0. The maximum absolute atomic E-state index is 13.6. The zero-order chi connectivity index (χ0) is 23.2. The van der Waals surface area contributed by atoms with E-state index in [4.69, 9.17) is 0 Å². The summed E-state index contributed by atoms with van der Waals surface area (Å²) < 4.78 is 0. The van der Waals surface area contributed by atoms with Gasteiger partial charge in [0, 0.05) is 23.5 Å². The van der Waals surface area contributed by atoms with Crippen molar-refractivity contribution in [3.63, 3.8) is 0 Å². The minimum absolute atomic E-state index is 0.0116. The van der Waals surface area contributed by atoms with Crippen LogP contribution in [0.15, 0.2) is 78.2 Å². The van der Waals surface area contributed by atoms with Crippen LogP contribution in [0.5, 0.6) is 0 Å². The Morgan fingerprint density at radius 3 is 2.48 bits per heavy atom. The molecule has 0 spiro atoms. The van der Waals surface area contributed by atoms with Crippen molar-refractivity contribution in [3.05, 3.63) is 99.8 Å². The molecule has 33 heavy (non-hydrogen) atoms. The molecule has 0 aliphatic carbocycles. The first kappa shape index (κ1) is 23.0. The molecule has 4 rings (SSSR count). The van der Waals surface area contributed by atoms with E-state index >= 15 is 0 Å². The van der Waals surface area contributed by atoms with E-state index in [0.717, 1.165) is 24.0 Å². The molecule has 0 radical (unpaired) electrons. The van der Waals surface area contributed by atoms with Crippen LogP contribution in [0.25, 0.3) is 6.08 Å². The van der Waals surface area contributed by atoms with Crippen LogP contribution >= 0.6 is 11.3 Å². The molecule has 2 atom stereocenters. The van der Waals surface area contributed by atoms with Gasteiger partial charge in [0.1, 0.15) is 6.54 Å². The molecule has 2 heterocycles. The van der Waals surface area contributed by atoms with Gasteiger partial charge in [0.15, 0.2) is 0 Å². The van der Waals surface area contributed by atoms with Crippen molar-refractivity contribution in [1.82, 2.24) is 9.80 Å². The molecule has 1 aliphatic heterocycles. The van der Waals surface area contributed by atoms with E-state index in [1.165, 1.54) is 10.4 Å². The highest BCUT2D eigenvalue weighted by Crippen LogP contribution is 2.37. The molecule has 0 saturated heterocycles. The number of hydrogen-bond acceptors (Lipinski definition) is 3. The lowest BCUT2D eigenvalue weighted by Gasteiger charge is -2.38. The Bertz CT molecular complexity index is 1110. The maximum Gasteiger partial charge on any atom is 0.247 e. The zero-order valence-electron chi connectivity index (χ0n) is 19.2. The number of carbonyl (C=O) groups excluding carboxylic acids is 2. The molecule has 170 valence electrons. The highest BCUT2D eigenvalue weighted by molar-refractivity contribution is 7.10. The molecule has 1 aromatic heterocycles. The largest absolute Gasteiger partial charge is 0.330 e. The molecule has 2 aromatic carbocycles. The summed E-state index contributed by atoms with van der Waals surface area (Å²) in [6.45, 7) is 4.79. The van der Waals surface area contributed by atoms with Gasteiger partial charge in [0.05, 0.1) is 6.04 Å². The summed E-state index contributed by atoms with van der Waals surface area (Å²) in [7, 11) is 0. The second-order valence-corrected chi connectivity index (χ2v) is 9.42. The Kier molecular flexibility index (Phi) is 7.40. The fraction of sp³-hybridized carbons (Fsp3) is 0.286. The van der Waals surface area contributed by atoms with Crippen LogP contribution in [-0.4, -0.2) is 40.7 Å². The van der Waals surface area contributed by atoms with Crippen molar-refractivity contribution >= 4 is 29.2 Å². The number of rotatable bonds is 7. The molecular formula is C28H30N2O2S. The topological polar surface area (TPSA) is 40.6 Å². The van der Waals surface area contributed by atoms with Crippen molar-refractivity contribution < 1.29 is 9.59 Å². The smallest absolute Gasteiger partial charge is 0.247 e. The van der Waals surface area contributed by atoms with Gasteiger partial charge in [-0.05, 0) is 54.0 Å². The first-order valence-electron chi connectivity index (χ1n) is 11.5. The van der Waals surface area contributed by atoms with E-state index in [2.05, 4.69) is 23.6 Å². The highest BCUT2D eigenvalue weighted by Gasteiger charge is 2.34. The summed E-state index contributed by atoms with van der Waals surface area (Å²) in [4.78, 5) is 31.7. The Morgan fingerprint density at radius 2 is 1.79 bits per heavy atom. The number of fused-ring (bicyclic) bond motifs is 1. The van der Waals surface area contributed by atoms with E-state index in [1.807, 2.05) is 73.4 Å². The third kappa shape index (κ3) is 5.25. The van der Waals surface area contributed by atoms with Crippen molar-refractivity contribution in [2.24, 2.45) is 0 Å². The molecule has 0 saturated carbocycles. The van der Waals surface area contributed by atoms with Crippen molar-refractivity contribution in [1.29, 1.82) is 0 Å². The molecule has 3 aromatic rings. The number of thiophene rings is 1. The molecule has 1 aliphatic rings. The summed E-state index contributed by atoms with van der Waals surface area (Å²) in [6, 6.07) is 21.9. The minimum atomic E-state index is -0.133. The lowest BCUT2D eigenvalue weighted by Crippen LogP contribution is -2.48. The van der Waals surface area contributed by atoms with Crippen LogP contribution in [0.1, 0.15) is 47.9 Å². The normalized spacial score (nSPS) is 16.4. The quantitative estimate of drug-likeness (QED) is 0.435. The lowest BCUT2D eigenvalue weighted by molar-refractivity contribution is -0.141. The summed E-state index contributed by atoms with van der Waals surface area (Å²) in [5, 5.41) is 2.11. The first-order valence-corrected chi connectivity index (χ1v) is 12.4. The van der Waals surface area contributed by atoms with E-state index in [0.29, 0.717) is 6.54 Å². The van der Waals surface area contributed by atoms with Gasteiger partial charge in [-0.15, -0.1) is 11.3 Å². The Hall–Kier alpha value is -3.18. The third-order valence-corrected chi connectivity index (χ3v) is 7.33. The first-order chi connectivity index (χ1) is 16.1. The Balaban J connectivity index is 1.57. The maximum atomic E-state index is 13.6. The monoisotopic (exact) mass is 458 g/mol.